The summed E-state index contributed by atoms with van der Waals surface area (Å²) in [5.74, 6) is -0.271. The summed E-state index contributed by atoms with van der Waals surface area (Å²) in [7, 11) is 0. The summed E-state index contributed by atoms with van der Waals surface area (Å²) in [6.07, 6.45) is -0.806. The van der Waals surface area contributed by atoms with Gasteiger partial charge in [-0.25, -0.2) is 4.79 Å². The summed E-state index contributed by atoms with van der Waals surface area (Å²) in [4.78, 5) is 25.1. The predicted octanol–water partition coefficient (Wildman–Crippen LogP) is -0.289. The van der Waals surface area contributed by atoms with E-state index in [1.54, 1.807) is 18.2 Å². The van der Waals surface area contributed by atoms with Crippen molar-refractivity contribution in [2.45, 2.75) is 12.1 Å². The summed E-state index contributed by atoms with van der Waals surface area (Å²) >= 11 is 0. The van der Waals surface area contributed by atoms with E-state index in [0.717, 1.165) is 0 Å². The monoisotopic (exact) mass is 292 g/mol. The van der Waals surface area contributed by atoms with Crippen molar-refractivity contribution < 1.29 is 24.2 Å². The molecule has 0 aromatic heterocycles. The smallest absolute Gasteiger partial charge is 0.327 e. The molecule has 1 aromatic carbocycles. The molecule has 0 unspecified atom stereocenters. The maximum Gasteiger partial charge on any atom is 0.327 e. The van der Waals surface area contributed by atoms with Crippen LogP contribution in [0.1, 0.15) is 0 Å². The van der Waals surface area contributed by atoms with Crippen LogP contribution in [0.2, 0.25) is 0 Å². The fourth-order valence-electron chi connectivity index (χ4n) is 2.51. The quantitative estimate of drug-likeness (QED) is 0.779. The molecule has 112 valence electrons. The molecule has 0 spiro atoms. The normalized spacial score (nSPS) is 24.5. The third-order valence-electron chi connectivity index (χ3n) is 3.60. The minimum absolute atomic E-state index is 0.0894. The number of carboxylic acid groups (broad SMARTS) is 1. The lowest BCUT2D eigenvalue weighted by Crippen LogP contribution is -2.60. The largest absolute Gasteiger partial charge is 0.485 e. The van der Waals surface area contributed by atoms with Gasteiger partial charge in [0.15, 0.2) is 11.5 Å². The van der Waals surface area contributed by atoms with Crippen molar-refractivity contribution in [3.63, 3.8) is 0 Å². The van der Waals surface area contributed by atoms with E-state index in [0.29, 0.717) is 24.6 Å². The number of nitrogens with one attached hydrogen (secondary N) is 1. The molecule has 0 saturated carbocycles. The van der Waals surface area contributed by atoms with Crippen LogP contribution in [0, 0.1) is 0 Å². The first kappa shape index (κ1) is 13.7. The first-order chi connectivity index (χ1) is 10.2. The summed E-state index contributed by atoms with van der Waals surface area (Å²) < 4.78 is 11.2. The van der Waals surface area contributed by atoms with Crippen LogP contribution >= 0.6 is 0 Å². The first-order valence-electron chi connectivity index (χ1n) is 6.79. The molecular formula is C14H16N2O5. The molecule has 1 amide bonds. The van der Waals surface area contributed by atoms with Gasteiger partial charge in [-0.1, -0.05) is 12.1 Å². The van der Waals surface area contributed by atoms with Gasteiger partial charge in [-0.3, -0.25) is 4.79 Å². The zero-order valence-electron chi connectivity index (χ0n) is 11.3. The van der Waals surface area contributed by atoms with E-state index in [4.69, 9.17) is 9.47 Å². The molecule has 1 fully saturated rings. The molecule has 2 N–H and O–H groups in total. The molecule has 1 saturated heterocycles. The lowest BCUT2D eigenvalue weighted by Gasteiger charge is -2.36. The van der Waals surface area contributed by atoms with Gasteiger partial charge in [0.2, 0.25) is 6.10 Å². The maximum atomic E-state index is 12.5. The van der Waals surface area contributed by atoms with Gasteiger partial charge in [0, 0.05) is 19.6 Å². The first-order valence-corrected chi connectivity index (χ1v) is 6.79. The molecule has 1 aromatic rings. The molecule has 0 radical (unpaired) electrons. The second kappa shape index (κ2) is 5.61. The molecule has 2 aliphatic rings. The number of hydrogen-bond acceptors (Lipinski definition) is 5. The van der Waals surface area contributed by atoms with Crippen molar-refractivity contribution in [2.24, 2.45) is 0 Å². The molecule has 0 aliphatic carbocycles. The van der Waals surface area contributed by atoms with Crippen LogP contribution in [0.5, 0.6) is 11.5 Å². The summed E-state index contributed by atoms with van der Waals surface area (Å²) in [5.41, 5.74) is 0. The molecule has 7 nitrogen and oxygen atoms in total. The lowest BCUT2D eigenvalue weighted by atomic mass is 10.1. The lowest BCUT2D eigenvalue weighted by molar-refractivity contribution is -0.155. The minimum Gasteiger partial charge on any atom is -0.485 e. The molecule has 0 bridgehead atoms. The topological polar surface area (TPSA) is 88.1 Å². The molecular weight excluding hydrogens is 276 g/mol. The van der Waals surface area contributed by atoms with Gasteiger partial charge in [-0.15, -0.1) is 0 Å². The maximum absolute atomic E-state index is 12.5. The van der Waals surface area contributed by atoms with Crippen molar-refractivity contribution in [3.05, 3.63) is 24.3 Å². The Morgan fingerprint density at radius 2 is 2.05 bits per heavy atom. The SMILES string of the molecule is O=C(O)[C@@H]1CNCCN1C(=O)[C@H]1COc2ccccc2O1. The Kier molecular flexibility index (Phi) is 3.66. The Hall–Kier alpha value is -2.28. The van der Waals surface area contributed by atoms with Crippen LogP contribution in [0.25, 0.3) is 0 Å². The van der Waals surface area contributed by atoms with E-state index < -0.39 is 18.1 Å². The third kappa shape index (κ3) is 2.64. The Bertz CT molecular complexity index is 562. The van der Waals surface area contributed by atoms with Gasteiger partial charge >= 0.3 is 5.97 Å². The number of amides is 1. The zero-order chi connectivity index (χ0) is 14.8. The van der Waals surface area contributed by atoms with Gasteiger partial charge in [-0.2, -0.15) is 0 Å². The van der Waals surface area contributed by atoms with Crippen molar-refractivity contribution in [1.29, 1.82) is 0 Å². The second-order valence-corrected chi connectivity index (χ2v) is 4.95. The molecule has 2 aliphatic heterocycles. The molecule has 21 heavy (non-hydrogen) atoms. The van der Waals surface area contributed by atoms with Gasteiger partial charge in [0.25, 0.3) is 5.91 Å². The second-order valence-electron chi connectivity index (χ2n) is 4.95. The number of para-hydroxylation sites is 2. The number of carbonyl (C=O) groups excluding carboxylic acids is 1. The molecule has 3 rings (SSSR count). The van der Waals surface area contributed by atoms with Gasteiger partial charge in [-0.05, 0) is 12.1 Å². The van der Waals surface area contributed by atoms with Crippen LogP contribution in [0.4, 0.5) is 0 Å². The van der Waals surface area contributed by atoms with Gasteiger partial charge in [0.1, 0.15) is 12.6 Å². The number of aliphatic carboxylic acids is 1. The van der Waals surface area contributed by atoms with Crippen molar-refractivity contribution in [2.75, 3.05) is 26.2 Å². The molecule has 2 heterocycles. The molecule has 7 heteroatoms. The van der Waals surface area contributed by atoms with Crippen molar-refractivity contribution >= 4 is 11.9 Å². The minimum atomic E-state index is -1.02. The number of benzene rings is 1. The van der Waals surface area contributed by atoms with Crippen LogP contribution < -0.4 is 14.8 Å². The summed E-state index contributed by atoms with van der Waals surface area (Å²) in [6, 6.07) is 6.23. The Morgan fingerprint density at radius 3 is 2.81 bits per heavy atom. The number of hydrogen-bond donors (Lipinski definition) is 2. The Balaban J connectivity index is 1.75. The number of fused-ring (bicyclic) bond motifs is 1. The van der Waals surface area contributed by atoms with Crippen LogP contribution in [0.15, 0.2) is 24.3 Å². The standard InChI is InChI=1S/C14H16N2O5/c17-13(16-6-5-15-7-9(16)14(18)19)12-8-20-10-3-1-2-4-11(10)21-12/h1-4,9,12,15H,5-8H2,(H,18,19)/t9-,12+/m0/s1. The van der Waals surface area contributed by atoms with Crippen LogP contribution in [-0.4, -0.2) is 60.3 Å². The van der Waals surface area contributed by atoms with E-state index in [1.807, 2.05) is 6.07 Å². The fraction of sp³-hybridized carbons (Fsp3) is 0.429. The van der Waals surface area contributed by atoms with Gasteiger partial charge in [0.05, 0.1) is 0 Å². The van der Waals surface area contributed by atoms with E-state index in [1.165, 1.54) is 4.90 Å². The highest BCUT2D eigenvalue weighted by atomic mass is 16.6. The highest BCUT2D eigenvalue weighted by Gasteiger charge is 2.38. The number of carbonyl (C=O) groups is 2. The number of rotatable bonds is 2. The Morgan fingerprint density at radius 1 is 1.29 bits per heavy atom. The Labute approximate surface area is 121 Å². The van der Waals surface area contributed by atoms with Crippen molar-refractivity contribution in [1.82, 2.24) is 10.2 Å². The fourth-order valence-corrected chi connectivity index (χ4v) is 2.51. The van der Waals surface area contributed by atoms with E-state index in [9.17, 15) is 14.7 Å². The third-order valence-corrected chi connectivity index (χ3v) is 3.60. The highest BCUT2D eigenvalue weighted by Crippen LogP contribution is 2.31. The summed E-state index contributed by atoms with van der Waals surface area (Å²) in [6.45, 7) is 1.24. The van der Waals surface area contributed by atoms with Gasteiger partial charge < -0.3 is 24.8 Å². The predicted molar refractivity (Wildman–Crippen MR) is 72.4 cm³/mol. The number of nitrogens with zero attached hydrogens (tertiary/aromatic N) is 1. The number of piperazine rings is 1. The average Bonchev–Trinajstić information content (AvgIpc) is 2.53. The van der Waals surface area contributed by atoms with Crippen molar-refractivity contribution in [3.8, 4) is 11.5 Å². The number of carboxylic acids is 1. The van der Waals surface area contributed by atoms with Crippen LogP contribution in [0.3, 0.4) is 0 Å². The zero-order valence-corrected chi connectivity index (χ0v) is 11.3. The number of ether oxygens (including phenoxy) is 2. The summed E-state index contributed by atoms with van der Waals surface area (Å²) in [5, 5.41) is 12.2. The molecule has 2 atom stereocenters. The van der Waals surface area contributed by atoms with Crippen LogP contribution in [-0.2, 0) is 9.59 Å². The highest BCUT2D eigenvalue weighted by molar-refractivity contribution is 5.87. The van der Waals surface area contributed by atoms with E-state index >= 15 is 0 Å². The van der Waals surface area contributed by atoms with E-state index in [-0.39, 0.29) is 19.1 Å². The van der Waals surface area contributed by atoms with E-state index in [2.05, 4.69) is 5.32 Å². The average molecular weight is 292 g/mol.